The van der Waals surface area contributed by atoms with E-state index in [2.05, 4.69) is 6.92 Å². The Morgan fingerprint density at radius 3 is 1.81 bits per heavy atom. The molecule has 0 fully saturated rings. The van der Waals surface area contributed by atoms with Crippen molar-refractivity contribution >= 4 is 5.78 Å². The van der Waals surface area contributed by atoms with Crippen molar-refractivity contribution in [1.82, 2.24) is 0 Å². The van der Waals surface area contributed by atoms with Crippen LogP contribution in [0.2, 0.25) is 0 Å². The lowest BCUT2D eigenvalue weighted by molar-refractivity contribution is 0.0392. The van der Waals surface area contributed by atoms with Crippen LogP contribution in [0.3, 0.4) is 0 Å². The molecule has 0 radical (unpaired) electrons. The minimum absolute atomic E-state index is 0.0495. The Morgan fingerprint density at radius 2 is 1.16 bits per heavy atom. The molecule has 2 aromatic carbocycles. The van der Waals surface area contributed by atoms with Gasteiger partial charge < -0.3 is 9.47 Å². The van der Waals surface area contributed by atoms with Gasteiger partial charge in [-0.1, -0.05) is 119 Å². The smallest absolute Gasteiger partial charge is 0.193 e. The maximum absolute atomic E-state index is 12.4. The normalized spacial score (nSPS) is 11.0. The van der Waals surface area contributed by atoms with Gasteiger partial charge in [-0.05, 0) is 12.0 Å². The molecule has 0 amide bonds. The van der Waals surface area contributed by atoms with E-state index in [0.717, 1.165) is 18.6 Å². The van der Waals surface area contributed by atoms with Crippen molar-refractivity contribution in [3.05, 3.63) is 71.3 Å². The predicted molar refractivity (Wildman–Crippen MR) is 129 cm³/mol. The number of ketones is 1. The van der Waals surface area contributed by atoms with Gasteiger partial charge >= 0.3 is 0 Å². The van der Waals surface area contributed by atoms with Crippen molar-refractivity contribution in [2.24, 2.45) is 0 Å². The van der Waals surface area contributed by atoms with E-state index in [1.165, 1.54) is 57.8 Å². The summed E-state index contributed by atoms with van der Waals surface area (Å²) in [5, 5.41) is 0. The highest BCUT2D eigenvalue weighted by molar-refractivity contribution is 6.08. The first kappa shape index (κ1) is 25.3. The molecular weight excluding hydrogens is 384 g/mol. The summed E-state index contributed by atoms with van der Waals surface area (Å²) in [6, 6.07) is 17.0. The van der Waals surface area contributed by atoms with Gasteiger partial charge in [0, 0.05) is 17.7 Å². The van der Waals surface area contributed by atoms with Gasteiger partial charge in [0.25, 0.3) is 0 Å². The van der Waals surface area contributed by atoms with Crippen LogP contribution in [0.4, 0.5) is 0 Å². The standard InChI is InChI=1S/C28H40O3/c1-2-3-4-5-6-7-8-9-10-14-21-30-22-23-31-24-25-17-19-27(20-18-25)28(29)26-15-12-11-13-16-26/h11-13,15-20H,2-10,14,21-24H2,1H3. The highest BCUT2D eigenvalue weighted by atomic mass is 16.5. The predicted octanol–water partition coefficient (Wildman–Crippen LogP) is 7.37. The fourth-order valence-electron chi connectivity index (χ4n) is 3.61. The van der Waals surface area contributed by atoms with Crippen molar-refractivity contribution in [3.63, 3.8) is 0 Å². The molecule has 0 unspecified atom stereocenters. The molecule has 0 aliphatic heterocycles. The van der Waals surface area contributed by atoms with Crippen LogP contribution in [0.25, 0.3) is 0 Å². The Bertz CT molecular complexity index is 694. The lowest BCUT2D eigenvalue weighted by Gasteiger charge is -2.07. The third-order valence-corrected chi connectivity index (χ3v) is 5.54. The Labute approximate surface area is 189 Å². The third-order valence-electron chi connectivity index (χ3n) is 5.54. The highest BCUT2D eigenvalue weighted by Crippen LogP contribution is 2.12. The van der Waals surface area contributed by atoms with Crippen molar-refractivity contribution < 1.29 is 14.3 Å². The Balaban J connectivity index is 1.43. The summed E-state index contributed by atoms with van der Waals surface area (Å²) in [5.74, 6) is 0.0495. The van der Waals surface area contributed by atoms with Crippen LogP contribution in [-0.2, 0) is 16.1 Å². The van der Waals surface area contributed by atoms with Gasteiger partial charge in [-0.2, -0.15) is 0 Å². The van der Waals surface area contributed by atoms with Gasteiger partial charge in [0.2, 0.25) is 0 Å². The number of hydrogen-bond donors (Lipinski definition) is 0. The van der Waals surface area contributed by atoms with E-state index in [1.54, 1.807) is 0 Å². The average Bonchev–Trinajstić information content (AvgIpc) is 2.82. The number of hydrogen-bond acceptors (Lipinski definition) is 3. The molecule has 0 N–H and O–H groups in total. The number of ether oxygens (including phenoxy) is 2. The van der Waals surface area contributed by atoms with E-state index in [9.17, 15) is 4.79 Å². The molecule has 0 bridgehead atoms. The number of unbranched alkanes of at least 4 members (excludes halogenated alkanes) is 9. The SMILES string of the molecule is CCCCCCCCCCCCOCCOCc1ccc(C(=O)c2ccccc2)cc1. The Hall–Kier alpha value is -1.97. The minimum Gasteiger partial charge on any atom is -0.379 e. The molecule has 3 nitrogen and oxygen atoms in total. The van der Waals surface area contributed by atoms with Gasteiger partial charge in [0.15, 0.2) is 5.78 Å². The Morgan fingerprint density at radius 1 is 0.613 bits per heavy atom. The van der Waals surface area contributed by atoms with Crippen molar-refractivity contribution in [3.8, 4) is 0 Å². The zero-order chi connectivity index (χ0) is 22.0. The summed E-state index contributed by atoms with van der Waals surface area (Å²) in [5.41, 5.74) is 2.49. The van der Waals surface area contributed by atoms with Gasteiger partial charge in [0.1, 0.15) is 0 Å². The second kappa shape index (κ2) is 16.7. The van der Waals surface area contributed by atoms with Crippen LogP contribution in [0.5, 0.6) is 0 Å². The molecule has 0 spiro atoms. The van der Waals surface area contributed by atoms with E-state index in [1.807, 2.05) is 54.6 Å². The molecule has 0 saturated carbocycles. The largest absolute Gasteiger partial charge is 0.379 e. The fraction of sp³-hybridized carbons (Fsp3) is 0.536. The van der Waals surface area contributed by atoms with Gasteiger partial charge in [-0.15, -0.1) is 0 Å². The lowest BCUT2D eigenvalue weighted by Crippen LogP contribution is -2.06. The van der Waals surface area contributed by atoms with Crippen molar-refractivity contribution in [2.75, 3.05) is 19.8 Å². The molecule has 0 aromatic heterocycles. The molecule has 0 heterocycles. The van der Waals surface area contributed by atoms with Gasteiger partial charge in [-0.25, -0.2) is 0 Å². The van der Waals surface area contributed by atoms with E-state index >= 15 is 0 Å². The molecule has 2 rings (SSSR count). The maximum atomic E-state index is 12.4. The summed E-state index contributed by atoms with van der Waals surface area (Å²) >= 11 is 0. The van der Waals surface area contributed by atoms with E-state index in [4.69, 9.17) is 9.47 Å². The first-order valence-electron chi connectivity index (χ1n) is 12.2. The number of benzene rings is 2. The summed E-state index contributed by atoms with van der Waals surface area (Å²) in [6.07, 6.45) is 13.4. The summed E-state index contributed by atoms with van der Waals surface area (Å²) in [4.78, 5) is 12.4. The molecule has 0 aliphatic rings. The third kappa shape index (κ3) is 11.3. The topological polar surface area (TPSA) is 35.5 Å². The Kier molecular flexibility index (Phi) is 13.6. The molecule has 0 saturated heterocycles. The summed E-state index contributed by atoms with van der Waals surface area (Å²) in [6.45, 7) is 4.88. The van der Waals surface area contributed by atoms with Crippen LogP contribution < -0.4 is 0 Å². The van der Waals surface area contributed by atoms with E-state index in [-0.39, 0.29) is 5.78 Å². The van der Waals surface area contributed by atoms with Crippen molar-refractivity contribution in [1.29, 1.82) is 0 Å². The maximum Gasteiger partial charge on any atom is 0.193 e. The number of carbonyl (C=O) groups is 1. The fourth-order valence-corrected chi connectivity index (χ4v) is 3.61. The second-order valence-electron chi connectivity index (χ2n) is 8.24. The highest BCUT2D eigenvalue weighted by Gasteiger charge is 2.08. The van der Waals surface area contributed by atoms with Crippen molar-refractivity contribution in [2.45, 2.75) is 77.7 Å². The van der Waals surface area contributed by atoms with E-state index in [0.29, 0.717) is 30.9 Å². The molecule has 2 aromatic rings. The van der Waals surface area contributed by atoms with Gasteiger partial charge in [-0.3, -0.25) is 4.79 Å². The van der Waals surface area contributed by atoms with E-state index < -0.39 is 0 Å². The lowest BCUT2D eigenvalue weighted by atomic mass is 10.0. The number of rotatable bonds is 18. The average molecular weight is 425 g/mol. The molecule has 31 heavy (non-hydrogen) atoms. The zero-order valence-corrected chi connectivity index (χ0v) is 19.3. The van der Waals surface area contributed by atoms with Crippen LogP contribution >= 0.6 is 0 Å². The van der Waals surface area contributed by atoms with Crippen LogP contribution in [0.1, 0.15) is 92.6 Å². The summed E-state index contributed by atoms with van der Waals surface area (Å²) < 4.78 is 11.4. The zero-order valence-electron chi connectivity index (χ0n) is 19.3. The first-order valence-corrected chi connectivity index (χ1v) is 12.2. The van der Waals surface area contributed by atoms with Crippen LogP contribution in [0, 0.1) is 0 Å². The van der Waals surface area contributed by atoms with Gasteiger partial charge in [0.05, 0.1) is 19.8 Å². The van der Waals surface area contributed by atoms with Crippen LogP contribution in [0.15, 0.2) is 54.6 Å². The quantitative estimate of drug-likeness (QED) is 0.185. The molecule has 0 aliphatic carbocycles. The monoisotopic (exact) mass is 424 g/mol. The molecular formula is C28H40O3. The molecule has 3 heteroatoms. The number of carbonyl (C=O) groups excluding carboxylic acids is 1. The summed E-state index contributed by atoms with van der Waals surface area (Å²) in [7, 11) is 0. The van der Waals surface area contributed by atoms with Crippen LogP contribution in [-0.4, -0.2) is 25.6 Å². The first-order chi connectivity index (χ1) is 15.3. The molecule has 0 atom stereocenters. The minimum atomic E-state index is 0.0495. The second-order valence-corrected chi connectivity index (χ2v) is 8.24. The molecule has 170 valence electrons.